The van der Waals surface area contributed by atoms with Gasteiger partial charge in [0, 0.05) is 38.1 Å². The van der Waals surface area contributed by atoms with Crippen LogP contribution in [0.2, 0.25) is 5.15 Å². The third kappa shape index (κ3) is 5.24. The summed E-state index contributed by atoms with van der Waals surface area (Å²) in [4.78, 5) is 15.1. The van der Waals surface area contributed by atoms with E-state index < -0.39 is 0 Å². The molecule has 2 aromatic rings. The first-order valence-corrected chi connectivity index (χ1v) is 9.12. The van der Waals surface area contributed by atoms with Gasteiger partial charge in [-0.2, -0.15) is 4.98 Å². The largest absolute Gasteiger partial charge is 0.358 e. The van der Waals surface area contributed by atoms with Gasteiger partial charge < -0.3 is 15.5 Å². The lowest BCUT2D eigenvalue weighted by Gasteiger charge is -2.31. The Labute approximate surface area is 158 Å². The maximum absolute atomic E-state index is 6.16. The highest BCUT2D eigenvalue weighted by Gasteiger charge is 2.18. The lowest BCUT2D eigenvalue weighted by molar-refractivity contribution is 0.436. The zero-order chi connectivity index (χ0) is 17.6. The standard InChI is InChI=1S/C17H21ClN6S/c1-12-4-7-24(8-5-12)15-9-14(18)21-16(22-15)23-17(25)20-11-13-3-2-6-19-10-13/h2-3,6,9-10,12H,4-5,7-8,11H2,1H3,(H2,20,21,22,23,25). The van der Waals surface area contributed by atoms with Crippen molar-refractivity contribution in [2.75, 3.05) is 23.3 Å². The van der Waals surface area contributed by atoms with Crippen LogP contribution in [0.25, 0.3) is 0 Å². The second-order valence-electron chi connectivity index (χ2n) is 6.21. The summed E-state index contributed by atoms with van der Waals surface area (Å²) in [7, 11) is 0. The maximum atomic E-state index is 6.16. The van der Waals surface area contributed by atoms with E-state index in [9.17, 15) is 0 Å². The van der Waals surface area contributed by atoms with E-state index >= 15 is 0 Å². The Morgan fingerprint density at radius 1 is 1.36 bits per heavy atom. The molecule has 1 saturated heterocycles. The first-order chi connectivity index (χ1) is 12.1. The summed E-state index contributed by atoms with van der Waals surface area (Å²) < 4.78 is 0. The molecular weight excluding hydrogens is 356 g/mol. The van der Waals surface area contributed by atoms with Crippen molar-refractivity contribution in [2.45, 2.75) is 26.3 Å². The molecule has 1 fully saturated rings. The van der Waals surface area contributed by atoms with E-state index in [0.717, 1.165) is 43.2 Å². The van der Waals surface area contributed by atoms with Crippen molar-refractivity contribution in [2.24, 2.45) is 5.92 Å². The summed E-state index contributed by atoms with van der Waals surface area (Å²) in [5, 5.41) is 6.98. The van der Waals surface area contributed by atoms with Crippen molar-refractivity contribution in [1.29, 1.82) is 0 Å². The molecule has 132 valence electrons. The van der Waals surface area contributed by atoms with Gasteiger partial charge in [0.25, 0.3) is 0 Å². The number of halogens is 1. The number of rotatable bonds is 4. The van der Waals surface area contributed by atoms with Crippen LogP contribution in [0.4, 0.5) is 11.8 Å². The molecule has 0 radical (unpaired) electrons. The van der Waals surface area contributed by atoms with E-state index in [1.807, 2.05) is 12.1 Å². The van der Waals surface area contributed by atoms with Gasteiger partial charge >= 0.3 is 0 Å². The second-order valence-corrected chi connectivity index (χ2v) is 7.01. The lowest BCUT2D eigenvalue weighted by Crippen LogP contribution is -2.34. The first-order valence-electron chi connectivity index (χ1n) is 8.33. The van der Waals surface area contributed by atoms with Gasteiger partial charge in [-0.25, -0.2) is 4.98 Å². The van der Waals surface area contributed by atoms with Gasteiger partial charge in [0.1, 0.15) is 11.0 Å². The molecule has 0 saturated carbocycles. The molecule has 8 heteroatoms. The Bertz CT molecular complexity index is 718. The zero-order valence-corrected chi connectivity index (χ0v) is 15.6. The van der Waals surface area contributed by atoms with E-state index in [1.165, 1.54) is 0 Å². The molecule has 0 spiro atoms. The molecule has 0 aromatic carbocycles. The summed E-state index contributed by atoms with van der Waals surface area (Å²) in [6.07, 6.45) is 5.86. The van der Waals surface area contributed by atoms with Crippen LogP contribution in [-0.2, 0) is 6.54 Å². The third-order valence-electron chi connectivity index (χ3n) is 4.19. The average Bonchev–Trinajstić information content (AvgIpc) is 2.61. The predicted octanol–water partition coefficient (Wildman–Crippen LogP) is 3.25. The van der Waals surface area contributed by atoms with Gasteiger partial charge in [0.15, 0.2) is 5.11 Å². The van der Waals surface area contributed by atoms with Crippen molar-refractivity contribution in [3.8, 4) is 0 Å². The summed E-state index contributed by atoms with van der Waals surface area (Å²) in [5.74, 6) is 2.00. The van der Waals surface area contributed by atoms with Gasteiger partial charge in [0.05, 0.1) is 0 Å². The highest BCUT2D eigenvalue weighted by Crippen LogP contribution is 2.24. The van der Waals surface area contributed by atoms with Gasteiger partial charge in [-0.15, -0.1) is 0 Å². The molecule has 6 nitrogen and oxygen atoms in total. The van der Waals surface area contributed by atoms with Crippen LogP contribution in [0.15, 0.2) is 30.6 Å². The van der Waals surface area contributed by atoms with E-state index in [-0.39, 0.29) is 0 Å². The minimum Gasteiger partial charge on any atom is -0.358 e. The number of pyridine rings is 1. The fraction of sp³-hybridized carbons (Fsp3) is 0.412. The molecule has 2 N–H and O–H groups in total. The molecule has 0 unspecified atom stereocenters. The highest BCUT2D eigenvalue weighted by atomic mass is 35.5. The molecular formula is C17H21ClN6S. The Kier molecular flexibility index (Phi) is 5.99. The molecule has 1 aliphatic rings. The number of nitrogens with zero attached hydrogens (tertiary/aromatic N) is 4. The maximum Gasteiger partial charge on any atom is 0.232 e. The number of aromatic nitrogens is 3. The Hall–Kier alpha value is -1.99. The normalized spacial score (nSPS) is 15.0. The average molecular weight is 377 g/mol. The molecule has 3 heterocycles. The number of piperidine rings is 1. The van der Waals surface area contributed by atoms with Gasteiger partial charge in [-0.05, 0) is 42.6 Å². The summed E-state index contributed by atoms with van der Waals surface area (Å²) in [6, 6.07) is 5.67. The first kappa shape index (κ1) is 17.8. The quantitative estimate of drug-likeness (QED) is 0.627. The third-order valence-corrected chi connectivity index (χ3v) is 4.63. The lowest BCUT2D eigenvalue weighted by atomic mass is 9.99. The van der Waals surface area contributed by atoms with E-state index in [4.69, 9.17) is 23.8 Å². The Balaban J connectivity index is 1.61. The van der Waals surface area contributed by atoms with Crippen molar-refractivity contribution in [3.05, 3.63) is 41.3 Å². The molecule has 0 atom stereocenters. The highest BCUT2D eigenvalue weighted by molar-refractivity contribution is 7.80. The van der Waals surface area contributed by atoms with E-state index in [0.29, 0.717) is 22.8 Å². The molecule has 1 aliphatic heterocycles. The Morgan fingerprint density at radius 2 is 2.16 bits per heavy atom. The van der Waals surface area contributed by atoms with Crippen LogP contribution >= 0.6 is 23.8 Å². The van der Waals surface area contributed by atoms with Crippen LogP contribution in [-0.4, -0.2) is 33.2 Å². The fourth-order valence-electron chi connectivity index (χ4n) is 2.69. The van der Waals surface area contributed by atoms with Crippen LogP contribution < -0.4 is 15.5 Å². The molecule has 0 bridgehead atoms. The number of nitrogens with one attached hydrogen (secondary N) is 2. The number of anilines is 2. The SMILES string of the molecule is CC1CCN(c2cc(Cl)nc(NC(=S)NCc3cccnc3)n2)CC1. The van der Waals surface area contributed by atoms with Gasteiger partial charge in [-0.1, -0.05) is 24.6 Å². The predicted molar refractivity (Wildman–Crippen MR) is 105 cm³/mol. The second kappa shape index (κ2) is 8.40. The molecule has 25 heavy (non-hydrogen) atoms. The smallest absolute Gasteiger partial charge is 0.232 e. The number of hydrogen-bond acceptors (Lipinski definition) is 5. The topological polar surface area (TPSA) is 66.0 Å². The molecule has 0 aliphatic carbocycles. The van der Waals surface area contributed by atoms with Crippen LogP contribution in [0.3, 0.4) is 0 Å². The van der Waals surface area contributed by atoms with Crippen LogP contribution in [0.5, 0.6) is 0 Å². The zero-order valence-electron chi connectivity index (χ0n) is 14.1. The molecule has 0 amide bonds. The summed E-state index contributed by atoms with van der Waals surface area (Å²) in [5.41, 5.74) is 1.04. The fourth-order valence-corrected chi connectivity index (χ4v) is 3.03. The summed E-state index contributed by atoms with van der Waals surface area (Å²) in [6.45, 7) is 4.83. The minimum atomic E-state index is 0.404. The van der Waals surface area contributed by atoms with Crippen molar-refractivity contribution >= 4 is 40.7 Å². The molecule has 2 aromatic heterocycles. The van der Waals surface area contributed by atoms with Gasteiger partial charge in [-0.3, -0.25) is 4.98 Å². The van der Waals surface area contributed by atoms with Crippen molar-refractivity contribution in [1.82, 2.24) is 20.3 Å². The van der Waals surface area contributed by atoms with E-state index in [2.05, 4.69) is 37.4 Å². The number of hydrogen-bond donors (Lipinski definition) is 2. The monoisotopic (exact) mass is 376 g/mol. The Morgan fingerprint density at radius 3 is 2.88 bits per heavy atom. The molecule has 3 rings (SSSR count). The summed E-state index contributed by atoms with van der Waals surface area (Å²) >= 11 is 11.5. The minimum absolute atomic E-state index is 0.404. The van der Waals surface area contributed by atoms with Crippen molar-refractivity contribution < 1.29 is 0 Å². The van der Waals surface area contributed by atoms with Crippen LogP contribution in [0, 0.1) is 5.92 Å². The van der Waals surface area contributed by atoms with E-state index in [1.54, 1.807) is 18.5 Å². The number of thiocarbonyl (C=S) groups is 1. The van der Waals surface area contributed by atoms with Crippen molar-refractivity contribution in [3.63, 3.8) is 0 Å². The van der Waals surface area contributed by atoms with Gasteiger partial charge in [0.2, 0.25) is 5.95 Å². The van der Waals surface area contributed by atoms with Crippen LogP contribution in [0.1, 0.15) is 25.3 Å².